The van der Waals surface area contributed by atoms with E-state index in [2.05, 4.69) is 31.1 Å². The topological polar surface area (TPSA) is 106 Å². The predicted molar refractivity (Wildman–Crippen MR) is 121 cm³/mol. The van der Waals surface area contributed by atoms with Crippen LogP contribution in [0.1, 0.15) is 19.8 Å². The normalized spacial score (nSPS) is 14.8. The van der Waals surface area contributed by atoms with E-state index in [0.717, 1.165) is 65.3 Å². The van der Waals surface area contributed by atoms with Crippen LogP contribution in [0.3, 0.4) is 0 Å². The Hall–Kier alpha value is -3.52. The number of benzene rings is 1. The highest BCUT2D eigenvalue weighted by Gasteiger charge is 2.19. The van der Waals surface area contributed by atoms with Crippen molar-refractivity contribution in [2.45, 2.75) is 25.8 Å². The highest BCUT2D eigenvalue weighted by molar-refractivity contribution is 5.94. The van der Waals surface area contributed by atoms with E-state index in [1.54, 1.807) is 6.20 Å². The average Bonchev–Trinajstić information content (AvgIpc) is 3.23. The van der Waals surface area contributed by atoms with Crippen LogP contribution in [0.15, 0.2) is 48.8 Å². The van der Waals surface area contributed by atoms with Crippen molar-refractivity contribution in [1.82, 2.24) is 25.1 Å². The number of pyridine rings is 1. The Morgan fingerprint density at radius 2 is 1.97 bits per heavy atom. The number of aromatic amines is 1. The number of nitrogens with two attached hydrogens (primary N) is 1. The number of anilines is 1. The minimum atomic E-state index is 0.274. The monoisotopic (exact) mass is 415 g/mol. The summed E-state index contributed by atoms with van der Waals surface area (Å²) in [5.41, 5.74) is 10.3. The van der Waals surface area contributed by atoms with Crippen molar-refractivity contribution in [2.75, 3.05) is 24.6 Å². The van der Waals surface area contributed by atoms with Crippen LogP contribution in [-0.4, -0.2) is 50.9 Å². The highest BCUT2D eigenvalue weighted by Crippen LogP contribution is 2.30. The number of nitrogens with one attached hydrogen (secondary N) is 1. The molecule has 0 atom stereocenters. The fraction of sp³-hybridized carbons (Fsp3) is 0.304. The first-order valence-corrected chi connectivity index (χ1v) is 10.6. The molecule has 1 saturated heterocycles. The maximum atomic E-state index is 6.04. The van der Waals surface area contributed by atoms with Crippen molar-refractivity contribution in [2.24, 2.45) is 5.73 Å². The first-order valence-electron chi connectivity index (χ1n) is 10.6. The van der Waals surface area contributed by atoms with Gasteiger partial charge in [0.15, 0.2) is 0 Å². The van der Waals surface area contributed by atoms with Crippen LogP contribution in [0, 0.1) is 0 Å². The van der Waals surface area contributed by atoms with Crippen LogP contribution in [0.5, 0.6) is 5.88 Å². The SMILES string of the molecule is CCOc1cccc(-c2ccc3[nH]nc(-c4cncc(N5CCC(N)CC5)n4)c3c2)n1. The molecular weight excluding hydrogens is 390 g/mol. The molecule has 0 saturated carbocycles. The van der Waals surface area contributed by atoms with E-state index >= 15 is 0 Å². The Balaban J connectivity index is 1.50. The molecule has 1 aromatic carbocycles. The van der Waals surface area contributed by atoms with Gasteiger partial charge in [-0.15, -0.1) is 0 Å². The van der Waals surface area contributed by atoms with Crippen molar-refractivity contribution in [3.63, 3.8) is 0 Å². The lowest BCUT2D eigenvalue weighted by Gasteiger charge is -2.30. The van der Waals surface area contributed by atoms with E-state index < -0.39 is 0 Å². The van der Waals surface area contributed by atoms with Gasteiger partial charge in [0, 0.05) is 36.1 Å². The zero-order valence-corrected chi connectivity index (χ0v) is 17.5. The Morgan fingerprint density at radius 3 is 2.81 bits per heavy atom. The van der Waals surface area contributed by atoms with E-state index in [0.29, 0.717) is 12.5 Å². The largest absolute Gasteiger partial charge is 0.478 e. The van der Waals surface area contributed by atoms with Crippen molar-refractivity contribution in [3.8, 4) is 28.5 Å². The second-order valence-corrected chi connectivity index (χ2v) is 7.71. The molecule has 1 fully saturated rings. The maximum Gasteiger partial charge on any atom is 0.213 e. The first kappa shape index (κ1) is 19.4. The number of hydrogen-bond acceptors (Lipinski definition) is 7. The van der Waals surface area contributed by atoms with Gasteiger partial charge in [-0.25, -0.2) is 9.97 Å². The third kappa shape index (κ3) is 3.94. The van der Waals surface area contributed by atoms with Crippen molar-refractivity contribution in [1.29, 1.82) is 0 Å². The molecule has 1 aliphatic rings. The summed E-state index contributed by atoms with van der Waals surface area (Å²) in [6.45, 7) is 4.32. The molecule has 0 radical (unpaired) electrons. The predicted octanol–water partition coefficient (Wildman–Crippen LogP) is 3.41. The molecule has 1 aliphatic heterocycles. The summed E-state index contributed by atoms with van der Waals surface area (Å²) in [4.78, 5) is 16.1. The van der Waals surface area contributed by atoms with E-state index in [4.69, 9.17) is 15.5 Å². The molecule has 8 nitrogen and oxygen atoms in total. The molecule has 3 aromatic heterocycles. The molecule has 0 bridgehead atoms. The molecule has 8 heteroatoms. The van der Waals surface area contributed by atoms with Gasteiger partial charge < -0.3 is 15.4 Å². The zero-order chi connectivity index (χ0) is 21.2. The highest BCUT2D eigenvalue weighted by atomic mass is 16.5. The maximum absolute atomic E-state index is 6.04. The van der Waals surface area contributed by atoms with Crippen molar-refractivity contribution in [3.05, 3.63) is 48.8 Å². The number of fused-ring (bicyclic) bond motifs is 1. The molecule has 4 heterocycles. The zero-order valence-electron chi connectivity index (χ0n) is 17.5. The molecule has 3 N–H and O–H groups in total. The van der Waals surface area contributed by atoms with Crippen molar-refractivity contribution < 1.29 is 4.74 Å². The van der Waals surface area contributed by atoms with Gasteiger partial charge in [0.2, 0.25) is 5.88 Å². The molecule has 0 amide bonds. The van der Waals surface area contributed by atoms with Gasteiger partial charge in [-0.1, -0.05) is 12.1 Å². The van der Waals surface area contributed by atoms with Gasteiger partial charge in [0.05, 0.1) is 30.2 Å². The lowest BCUT2D eigenvalue weighted by atomic mass is 10.1. The molecule has 158 valence electrons. The van der Waals surface area contributed by atoms with Gasteiger partial charge in [-0.2, -0.15) is 5.10 Å². The molecule has 0 aliphatic carbocycles. The van der Waals surface area contributed by atoms with E-state index in [-0.39, 0.29) is 6.04 Å². The molecule has 5 rings (SSSR count). The molecule has 0 unspecified atom stereocenters. The Kier molecular flexibility index (Phi) is 5.21. The van der Waals surface area contributed by atoms with Crippen LogP contribution in [0.25, 0.3) is 33.5 Å². The summed E-state index contributed by atoms with van der Waals surface area (Å²) in [6, 6.07) is 12.2. The minimum Gasteiger partial charge on any atom is -0.478 e. The van der Waals surface area contributed by atoms with Gasteiger partial charge in [0.25, 0.3) is 0 Å². The molecule has 0 spiro atoms. The molecule has 31 heavy (non-hydrogen) atoms. The second-order valence-electron chi connectivity index (χ2n) is 7.71. The smallest absolute Gasteiger partial charge is 0.213 e. The standard InChI is InChI=1S/C23H25N7O/c1-2-31-22-5-3-4-18(27-22)15-6-7-19-17(12-15)23(29-28-19)20-13-25-14-21(26-20)30-10-8-16(24)9-11-30/h3-7,12-14,16H,2,8-11,24H2,1H3,(H,28,29). The molecule has 4 aromatic rings. The number of nitrogens with zero attached hydrogens (tertiary/aromatic N) is 5. The van der Waals surface area contributed by atoms with Gasteiger partial charge in [0.1, 0.15) is 17.2 Å². The van der Waals surface area contributed by atoms with Gasteiger partial charge >= 0.3 is 0 Å². The fourth-order valence-corrected chi connectivity index (χ4v) is 3.92. The summed E-state index contributed by atoms with van der Waals surface area (Å²) < 4.78 is 5.55. The second kappa shape index (κ2) is 8.31. The lowest BCUT2D eigenvalue weighted by molar-refractivity contribution is 0.327. The minimum absolute atomic E-state index is 0.274. The summed E-state index contributed by atoms with van der Waals surface area (Å²) in [7, 11) is 0. The number of aromatic nitrogens is 5. The third-order valence-electron chi connectivity index (χ3n) is 5.60. The summed E-state index contributed by atoms with van der Waals surface area (Å²) in [5, 5.41) is 8.62. The Morgan fingerprint density at radius 1 is 1.10 bits per heavy atom. The van der Waals surface area contributed by atoms with Crippen LogP contribution in [0.4, 0.5) is 5.82 Å². The third-order valence-corrected chi connectivity index (χ3v) is 5.60. The summed E-state index contributed by atoms with van der Waals surface area (Å²) in [6.07, 6.45) is 5.50. The number of hydrogen-bond donors (Lipinski definition) is 2. The van der Waals surface area contributed by atoms with Gasteiger partial charge in [-0.3, -0.25) is 10.1 Å². The van der Waals surface area contributed by atoms with E-state index in [1.165, 1.54) is 0 Å². The van der Waals surface area contributed by atoms with Crippen molar-refractivity contribution >= 4 is 16.7 Å². The first-order chi connectivity index (χ1) is 15.2. The van der Waals surface area contributed by atoms with E-state index in [9.17, 15) is 0 Å². The van der Waals surface area contributed by atoms with E-state index in [1.807, 2.05) is 43.5 Å². The Labute approximate surface area is 180 Å². The molecular formula is C23H25N7O. The lowest BCUT2D eigenvalue weighted by Crippen LogP contribution is -2.40. The number of H-pyrrole nitrogens is 1. The van der Waals surface area contributed by atoms with Crippen LogP contribution < -0.4 is 15.4 Å². The van der Waals surface area contributed by atoms with Gasteiger partial charge in [-0.05, 0) is 38.0 Å². The summed E-state index contributed by atoms with van der Waals surface area (Å²) in [5.74, 6) is 1.48. The van der Waals surface area contributed by atoms with Crippen LogP contribution in [-0.2, 0) is 0 Å². The Bertz CT molecular complexity index is 1200. The number of piperidine rings is 1. The number of rotatable bonds is 5. The number of ether oxygens (including phenoxy) is 1. The average molecular weight is 416 g/mol. The van der Waals surface area contributed by atoms with Crippen LogP contribution >= 0.6 is 0 Å². The fourth-order valence-electron chi connectivity index (χ4n) is 3.92. The quantitative estimate of drug-likeness (QED) is 0.514. The summed E-state index contributed by atoms with van der Waals surface area (Å²) >= 11 is 0. The van der Waals surface area contributed by atoms with Crippen LogP contribution in [0.2, 0.25) is 0 Å².